The number of esters is 1. The minimum absolute atomic E-state index is 0.00160. The van der Waals surface area contributed by atoms with Gasteiger partial charge in [0, 0.05) is 17.5 Å². The lowest BCUT2D eigenvalue weighted by Gasteiger charge is -2.09. The van der Waals surface area contributed by atoms with Gasteiger partial charge in [-0.15, -0.1) is 0 Å². The van der Waals surface area contributed by atoms with Crippen molar-refractivity contribution in [1.82, 2.24) is 5.32 Å². The summed E-state index contributed by atoms with van der Waals surface area (Å²) < 4.78 is 49.4. The Balaban J connectivity index is 1.44. The van der Waals surface area contributed by atoms with Crippen molar-refractivity contribution in [1.29, 1.82) is 0 Å². The molecule has 1 heterocycles. The van der Waals surface area contributed by atoms with Crippen LogP contribution in [-0.4, -0.2) is 18.4 Å². The SMILES string of the molecule is CC(C)CNC(=O)c1c(-c2ccc(COC(=O)Cc3ccc(C(F)(F)F)cc3)cc2)oc2ccccc12. The van der Waals surface area contributed by atoms with Crippen molar-refractivity contribution < 1.29 is 31.9 Å². The molecule has 0 saturated heterocycles. The molecule has 0 radical (unpaired) electrons. The molecule has 0 atom stereocenters. The van der Waals surface area contributed by atoms with E-state index in [0.717, 1.165) is 17.5 Å². The van der Waals surface area contributed by atoms with E-state index in [-0.39, 0.29) is 18.9 Å². The fourth-order valence-corrected chi connectivity index (χ4v) is 3.80. The Hall–Kier alpha value is -4.07. The van der Waals surface area contributed by atoms with E-state index in [2.05, 4.69) is 5.32 Å². The summed E-state index contributed by atoms with van der Waals surface area (Å²) in [6.07, 6.45) is -4.56. The molecule has 0 aliphatic carbocycles. The lowest BCUT2D eigenvalue weighted by Crippen LogP contribution is -2.27. The second-order valence-corrected chi connectivity index (χ2v) is 9.14. The predicted octanol–water partition coefficient (Wildman–Crippen LogP) is 6.79. The maximum atomic E-state index is 13.0. The first kappa shape index (κ1) is 26.0. The third-order valence-electron chi connectivity index (χ3n) is 5.74. The molecule has 0 aliphatic heterocycles. The minimum atomic E-state index is -4.42. The van der Waals surface area contributed by atoms with Gasteiger partial charge in [0.15, 0.2) is 0 Å². The van der Waals surface area contributed by atoms with Crippen molar-refractivity contribution in [2.45, 2.75) is 33.1 Å². The summed E-state index contributed by atoms with van der Waals surface area (Å²) in [5.41, 5.74) is 2.15. The van der Waals surface area contributed by atoms with Crippen LogP contribution in [0.5, 0.6) is 0 Å². The highest BCUT2D eigenvalue weighted by molar-refractivity contribution is 6.11. The number of hydrogen-bond acceptors (Lipinski definition) is 4. The molecule has 0 bridgehead atoms. The number of carbonyl (C=O) groups is 2. The molecular weight excluding hydrogens is 483 g/mol. The molecule has 0 aliphatic rings. The Bertz CT molecular complexity index is 1390. The van der Waals surface area contributed by atoms with Crippen LogP contribution < -0.4 is 5.32 Å². The Kier molecular flexibility index (Phi) is 7.66. The predicted molar refractivity (Wildman–Crippen MR) is 134 cm³/mol. The number of benzene rings is 3. The van der Waals surface area contributed by atoms with Gasteiger partial charge in [0.1, 0.15) is 18.0 Å². The molecule has 0 fully saturated rings. The van der Waals surface area contributed by atoms with Crippen molar-refractivity contribution in [3.05, 3.63) is 95.1 Å². The van der Waals surface area contributed by atoms with Crippen LogP contribution >= 0.6 is 0 Å². The first-order chi connectivity index (χ1) is 17.6. The Morgan fingerprint density at radius 2 is 1.57 bits per heavy atom. The highest BCUT2D eigenvalue weighted by Gasteiger charge is 2.30. The number of halogens is 3. The maximum absolute atomic E-state index is 13.0. The number of furan rings is 1. The van der Waals surface area contributed by atoms with E-state index in [4.69, 9.17) is 9.15 Å². The van der Waals surface area contributed by atoms with E-state index in [1.165, 1.54) is 12.1 Å². The minimum Gasteiger partial charge on any atom is -0.461 e. The number of nitrogens with one attached hydrogen (secondary N) is 1. The Morgan fingerprint density at radius 1 is 0.919 bits per heavy atom. The zero-order valence-electron chi connectivity index (χ0n) is 20.4. The zero-order valence-corrected chi connectivity index (χ0v) is 20.4. The second-order valence-electron chi connectivity index (χ2n) is 9.14. The van der Waals surface area contributed by atoms with Crippen molar-refractivity contribution in [2.75, 3.05) is 6.54 Å². The molecule has 37 heavy (non-hydrogen) atoms. The van der Waals surface area contributed by atoms with Crippen molar-refractivity contribution in [3.8, 4) is 11.3 Å². The topological polar surface area (TPSA) is 68.5 Å². The normalized spacial score (nSPS) is 11.6. The van der Waals surface area contributed by atoms with E-state index in [1.54, 1.807) is 24.3 Å². The molecular formula is C29H26F3NO4. The van der Waals surface area contributed by atoms with Crippen LogP contribution in [0.3, 0.4) is 0 Å². The summed E-state index contributed by atoms with van der Waals surface area (Å²) in [6.45, 7) is 4.57. The number of fused-ring (bicyclic) bond motifs is 1. The number of ether oxygens (including phenoxy) is 1. The van der Waals surface area contributed by atoms with Gasteiger partial charge >= 0.3 is 12.1 Å². The van der Waals surface area contributed by atoms with Gasteiger partial charge in [0.05, 0.1) is 17.5 Å². The molecule has 192 valence electrons. The van der Waals surface area contributed by atoms with Gasteiger partial charge in [0.25, 0.3) is 5.91 Å². The van der Waals surface area contributed by atoms with E-state index < -0.39 is 17.7 Å². The number of para-hydroxylation sites is 1. The highest BCUT2D eigenvalue weighted by atomic mass is 19.4. The van der Waals surface area contributed by atoms with Gasteiger partial charge in [-0.2, -0.15) is 13.2 Å². The Labute approximate surface area is 212 Å². The summed E-state index contributed by atoms with van der Waals surface area (Å²) in [6, 6.07) is 18.9. The van der Waals surface area contributed by atoms with Gasteiger partial charge in [-0.1, -0.05) is 68.4 Å². The molecule has 4 aromatic rings. The quantitative estimate of drug-likeness (QED) is 0.266. The largest absolute Gasteiger partial charge is 0.461 e. The van der Waals surface area contributed by atoms with Crippen molar-refractivity contribution in [2.24, 2.45) is 5.92 Å². The molecule has 0 saturated carbocycles. The number of alkyl halides is 3. The van der Waals surface area contributed by atoms with Crippen LogP contribution in [0.15, 0.2) is 77.2 Å². The summed E-state index contributed by atoms with van der Waals surface area (Å²) in [7, 11) is 0. The summed E-state index contributed by atoms with van der Waals surface area (Å²) in [5.74, 6) is -0.0136. The first-order valence-electron chi connectivity index (χ1n) is 11.8. The van der Waals surface area contributed by atoms with Crippen LogP contribution in [0.2, 0.25) is 0 Å². The summed E-state index contributed by atoms with van der Waals surface area (Å²) >= 11 is 0. The van der Waals surface area contributed by atoms with Crippen molar-refractivity contribution >= 4 is 22.8 Å². The van der Waals surface area contributed by atoms with Crippen LogP contribution in [0.25, 0.3) is 22.3 Å². The Morgan fingerprint density at radius 3 is 2.22 bits per heavy atom. The summed E-state index contributed by atoms with van der Waals surface area (Å²) in [4.78, 5) is 25.2. The smallest absolute Gasteiger partial charge is 0.416 e. The first-order valence-corrected chi connectivity index (χ1v) is 11.8. The average Bonchev–Trinajstić information content (AvgIpc) is 3.26. The van der Waals surface area contributed by atoms with E-state index in [9.17, 15) is 22.8 Å². The number of carbonyl (C=O) groups excluding carboxylic acids is 2. The molecule has 3 aromatic carbocycles. The fraction of sp³-hybridized carbons (Fsp3) is 0.241. The molecule has 0 spiro atoms. The molecule has 5 nitrogen and oxygen atoms in total. The van der Waals surface area contributed by atoms with E-state index in [1.807, 2.05) is 38.1 Å². The number of amides is 1. The van der Waals surface area contributed by atoms with Crippen molar-refractivity contribution in [3.63, 3.8) is 0 Å². The molecule has 8 heteroatoms. The fourth-order valence-electron chi connectivity index (χ4n) is 3.80. The maximum Gasteiger partial charge on any atom is 0.416 e. The molecule has 1 amide bonds. The van der Waals surface area contributed by atoms with Crippen LogP contribution in [-0.2, 0) is 28.7 Å². The molecule has 1 N–H and O–H groups in total. The van der Waals surface area contributed by atoms with Crippen LogP contribution in [0, 0.1) is 5.92 Å². The van der Waals surface area contributed by atoms with Gasteiger partial charge in [0.2, 0.25) is 0 Å². The van der Waals surface area contributed by atoms with Gasteiger partial charge < -0.3 is 14.5 Å². The lowest BCUT2D eigenvalue weighted by atomic mass is 10.0. The standard InChI is InChI=1S/C29H26F3NO4/c1-18(2)16-33-28(35)26-23-5-3-4-6-24(23)37-27(26)21-11-7-20(8-12-21)17-36-25(34)15-19-9-13-22(14-10-19)29(30,31)32/h3-14,18H,15-17H2,1-2H3,(H,33,35). The van der Waals surface area contributed by atoms with Gasteiger partial charge in [-0.05, 0) is 35.2 Å². The highest BCUT2D eigenvalue weighted by Crippen LogP contribution is 2.34. The summed E-state index contributed by atoms with van der Waals surface area (Å²) in [5, 5.41) is 3.67. The average molecular weight is 510 g/mol. The lowest BCUT2D eigenvalue weighted by molar-refractivity contribution is -0.144. The van der Waals surface area contributed by atoms with Crippen LogP contribution in [0.1, 0.15) is 40.9 Å². The van der Waals surface area contributed by atoms with E-state index >= 15 is 0 Å². The van der Waals surface area contributed by atoms with Gasteiger partial charge in [-0.25, -0.2) is 0 Å². The van der Waals surface area contributed by atoms with E-state index in [0.29, 0.717) is 46.1 Å². The van der Waals surface area contributed by atoms with Crippen LogP contribution in [0.4, 0.5) is 13.2 Å². The molecule has 0 unspecified atom stereocenters. The second kappa shape index (κ2) is 10.9. The molecule has 4 rings (SSSR count). The zero-order chi connectivity index (χ0) is 26.6. The number of hydrogen-bond donors (Lipinski definition) is 1. The third kappa shape index (κ3) is 6.39. The monoisotopic (exact) mass is 509 g/mol. The number of rotatable bonds is 8. The molecule has 1 aromatic heterocycles. The third-order valence-corrected chi connectivity index (χ3v) is 5.74. The van der Waals surface area contributed by atoms with Gasteiger partial charge in [-0.3, -0.25) is 9.59 Å².